The normalized spacial score (nSPS) is 11.2. The minimum Gasteiger partial charge on any atom is -0.380 e. The first-order valence-corrected chi connectivity index (χ1v) is 6.71. The van der Waals surface area contributed by atoms with E-state index in [1.54, 1.807) is 0 Å². The summed E-state index contributed by atoms with van der Waals surface area (Å²) >= 11 is 0. The predicted molar refractivity (Wildman–Crippen MR) is 75.6 cm³/mol. The van der Waals surface area contributed by atoms with E-state index >= 15 is 0 Å². The van der Waals surface area contributed by atoms with Crippen LogP contribution in [0.2, 0.25) is 0 Å². The molecular weight excluding hydrogens is 224 g/mol. The van der Waals surface area contributed by atoms with Crippen molar-refractivity contribution in [2.75, 3.05) is 13.2 Å². The van der Waals surface area contributed by atoms with Gasteiger partial charge in [0.25, 0.3) is 0 Å². The van der Waals surface area contributed by atoms with Gasteiger partial charge in [0.15, 0.2) is 0 Å². The first-order valence-electron chi connectivity index (χ1n) is 6.71. The highest BCUT2D eigenvalue weighted by Crippen LogP contribution is 2.20. The van der Waals surface area contributed by atoms with Gasteiger partial charge in [-0.15, -0.1) is 0 Å². The van der Waals surface area contributed by atoms with Crippen molar-refractivity contribution in [3.05, 3.63) is 36.0 Å². The standard InChI is InChI=1S/C15H22N2O/c1-2-3-9-18-10-8-17-12-13(11-16)14-6-4-5-7-15(14)17/h4-7,12H,2-3,8-11,16H2,1H3. The maximum Gasteiger partial charge on any atom is 0.0645 e. The predicted octanol–water partition coefficient (Wildman–Crippen LogP) is 2.92. The Bertz CT molecular complexity index is 490. The zero-order chi connectivity index (χ0) is 12.8. The smallest absolute Gasteiger partial charge is 0.0645 e. The molecule has 0 saturated carbocycles. The number of nitrogens with two attached hydrogens (primary N) is 1. The van der Waals surface area contributed by atoms with Crippen LogP contribution in [-0.4, -0.2) is 17.8 Å². The van der Waals surface area contributed by atoms with E-state index < -0.39 is 0 Å². The third-order valence-electron chi connectivity index (χ3n) is 3.21. The van der Waals surface area contributed by atoms with Gasteiger partial charge < -0.3 is 15.0 Å². The van der Waals surface area contributed by atoms with Crippen LogP contribution in [0.1, 0.15) is 25.3 Å². The van der Waals surface area contributed by atoms with Gasteiger partial charge in [-0.05, 0) is 18.1 Å². The number of fused-ring (bicyclic) bond motifs is 1. The van der Waals surface area contributed by atoms with Crippen LogP contribution in [0, 0.1) is 0 Å². The molecule has 0 atom stereocenters. The number of aromatic nitrogens is 1. The van der Waals surface area contributed by atoms with E-state index in [4.69, 9.17) is 10.5 Å². The number of para-hydroxylation sites is 1. The van der Waals surface area contributed by atoms with Crippen LogP contribution in [0.15, 0.2) is 30.5 Å². The zero-order valence-electron chi connectivity index (χ0n) is 11.1. The molecule has 3 nitrogen and oxygen atoms in total. The number of rotatable bonds is 7. The molecule has 0 aliphatic rings. The summed E-state index contributed by atoms with van der Waals surface area (Å²) in [7, 11) is 0. The number of unbranched alkanes of at least 4 members (excludes halogenated alkanes) is 1. The molecule has 0 aliphatic heterocycles. The fourth-order valence-electron chi connectivity index (χ4n) is 2.18. The van der Waals surface area contributed by atoms with Gasteiger partial charge in [-0.3, -0.25) is 0 Å². The lowest BCUT2D eigenvalue weighted by molar-refractivity contribution is 0.124. The summed E-state index contributed by atoms with van der Waals surface area (Å²) in [5.41, 5.74) is 8.23. The molecule has 18 heavy (non-hydrogen) atoms. The summed E-state index contributed by atoms with van der Waals surface area (Å²) in [4.78, 5) is 0. The topological polar surface area (TPSA) is 40.2 Å². The maximum atomic E-state index is 5.78. The molecule has 98 valence electrons. The van der Waals surface area contributed by atoms with E-state index in [1.165, 1.54) is 22.9 Å². The first-order chi connectivity index (χ1) is 8.86. The van der Waals surface area contributed by atoms with E-state index in [2.05, 4.69) is 42.0 Å². The Morgan fingerprint density at radius 2 is 2.06 bits per heavy atom. The van der Waals surface area contributed by atoms with E-state index in [-0.39, 0.29) is 0 Å². The summed E-state index contributed by atoms with van der Waals surface area (Å²) in [5, 5.41) is 1.26. The van der Waals surface area contributed by atoms with Gasteiger partial charge in [0.2, 0.25) is 0 Å². The van der Waals surface area contributed by atoms with Crippen molar-refractivity contribution < 1.29 is 4.74 Å². The van der Waals surface area contributed by atoms with Crippen LogP contribution in [-0.2, 0) is 17.8 Å². The largest absolute Gasteiger partial charge is 0.380 e. The van der Waals surface area contributed by atoms with Crippen LogP contribution >= 0.6 is 0 Å². The average Bonchev–Trinajstić information content (AvgIpc) is 2.77. The summed E-state index contributed by atoms with van der Waals surface area (Å²) in [5.74, 6) is 0. The molecule has 1 aromatic carbocycles. The molecule has 0 radical (unpaired) electrons. The fraction of sp³-hybridized carbons (Fsp3) is 0.467. The van der Waals surface area contributed by atoms with E-state index in [0.717, 1.165) is 26.2 Å². The highest BCUT2D eigenvalue weighted by molar-refractivity contribution is 5.83. The number of hydrogen-bond acceptors (Lipinski definition) is 2. The molecule has 0 spiro atoms. The van der Waals surface area contributed by atoms with Crippen molar-refractivity contribution >= 4 is 10.9 Å². The summed E-state index contributed by atoms with van der Waals surface area (Å²) in [6, 6.07) is 8.40. The van der Waals surface area contributed by atoms with Gasteiger partial charge in [0.05, 0.1) is 6.61 Å². The third kappa shape index (κ3) is 2.92. The lowest BCUT2D eigenvalue weighted by atomic mass is 10.2. The van der Waals surface area contributed by atoms with Crippen molar-refractivity contribution in [1.29, 1.82) is 0 Å². The van der Waals surface area contributed by atoms with Crippen LogP contribution in [0.4, 0.5) is 0 Å². The molecule has 2 N–H and O–H groups in total. The quantitative estimate of drug-likeness (QED) is 0.763. The second kappa shape index (κ2) is 6.57. The molecule has 0 bridgehead atoms. The first kappa shape index (κ1) is 13.1. The van der Waals surface area contributed by atoms with Crippen molar-refractivity contribution in [3.63, 3.8) is 0 Å². The molecule has 0 unspecified atom stereocenters. The molecule has 3 heteroatoms. The van der Waals surface area contributed by atoms with Gasteiger partial charge in [-0.2, -0.15) is 0 Å². The molecule has 0 saturated heterocycles. The molecule has 1 heterocycles. The number of hydrogen-bond donors (Lipinski definition) is 1. The molecule has 1 aromatic heterocycles. The minimum atomic E-state index is 0.588. The Hall–Kier alpha value is -1.32. The van der Waals surface area contributed by atoms with Crippen molar-refractivity contribution in [2.24, 2.45) is 5.73 Å². The summed E-state index contributed by atoms with van der Waals surface area (Å²) < 4.78 is 7.86. The van der Waals surface area contributed by atoms with Crippen molar-refractivity contribution in [1.82, 2.24) is 4.57 Å². The van der Waals surface area contributed by atoms with Crippen molar-refractivity contribution in [3.8, 4) is 0 Å². The Labute approximate surface area is 109 Å². The lowest BCUT2D eigenvalue weighted by Gasteiger charge is -2.06. The number of nitrogens with zero attached hydrogens (tertiary/aromatic N) is 1. The van der Waals surface area contributed by atoms with Gasteiger partial charge >= 0.3 is 0 Å². The second-order valence-electron chi connectivity index (χ2n) is 4.53. The SMILES string of the molecule is CCCCOCCn1cc(CN)c2ccccc21. The maximum absolute atomic E-state index is 5.78. The third-order valence-corrected chi connectivity index (χ3v) is 3.21. The van der Waals surface area contributed by atoms with Gasteiger partial charge in [0, 0.05) is 36.8 Å². The van der Waals surface area contributed by atoms with Gasteiger partial charge in [0.1, 0.15) is 0 Å². The van der Waals surface area contributed by atoms with Gasteiger partial charge in [-0.25, -0.2) is 0 Å². The van der Waals surface area contributed by atoms with E-state index in [0.29, 0.717) is 6.54 Å². The zero-order valence-corrected chi connectivity index (χ0v) is 11.1. The Balaban J connectivity index is 2.04. The highest BCUT2D eigenvalue weighted by Gasteiger charge is 2.05. The molecular formula is C15H22N2O. The summed E-state index contributed by atoms with van der Waals surface area (Å²) in [6.45, 7) is 5.28. The molecule has 0 fully saturated rings. The lowest BCUT2D eigenvalue weighted by Crippen LogP contribution is -2.05. The highest BCUT2D eigenvalue weighted by atomic mass is 16.5. The second-order valence-corrected chi connectivity index (χ2v) is 4.53. The molecule has 2 rings (SSSR count). The van der Waals surface area contributed by atoms with Crippen LogP contribution < -0.4 is 5.73 Å². The van der Waals surface area contributed by atoms with E-state index in [1.807, 2.05) is 0 Å². The van der Waals surface area contributed by atoms with Crippen molar-refractivity contribution in [2.45, 2.75) is 32.9 Å². The minimum absolute atomic E-state index is 0.588. The number of ether oxygens (including phenoxy) is 1. The number of benzene rings is 1. The molecule has 2 aromatic rings. The molecule has 0 aliphatic carbocycles. The summed E-state index contributed by atoms with van der Waals surface area (Å²) in [6.07, 6.45) is 4.47. The van der Waals surface area contributed by atoms with Gasteiger partial charge in [-0.1, -0.05) is 31.5 Å². The van der Waals surface area contributed by atoms with Crippen LogP contribution in [0.3, 0.4) is 0 Å². The van der Waals surface area contributed by atoms with Crippen LogP contribution in [0.25, 0.3) is 10.9 Å². The Morgan fingerprint density at radius 1 is 1.22 bits per heavy atom. The molecule has 0 amide bonds. The Kier molecular flexibility index (Phi) is 4.79. The monoisotopic (exact) mass is 246 g/mol. The Morgan fingerprint density at radius 3 is 2.83 bits per heavy atom. The average molecular weight is 246 g/mol. The fourth-order valence-corrected chi connectivity index (χ4v) is 2.18. The van der Waals surface area contributed by atoms with Crippen LogP contribution in [0.5, 0.6) is 0 Å². The van der Waals surface area contributed by atoms with E-state index in [9.17, 15) is 0 Å².